The van der Waals surface area contributed by atoms with Crippen LogP contribution in [0.15, 0.2) is 194 Å². The smallest absolute Gasteiger partial charge is 0.306 e. The van der Waals surface area contributed by atoms with Crippen LogP contribution in [0.5, 0.6) is 0 Å². The predicted molar refractivity (Wildman–Crippen MR) is 416 cm³/mol. The van der Waals surface area contributed by atoms with Crippen LogP contribution < -0.4 is 5.11 Å². The van der Waals surface area contributed by atoms with E-state index in [0.717, 1.165) is 135 Å². The summed E-state index contributed by atoms with van der Waals surface area (Å²) < 4.78 is 22.8. The molecule has 0 saturated heterocycles. The molecule has 0 N–H and O–H groups in total. The number of carboxylic acids is 1. The fourth-order valence-electron chi connectivity index (χ4n) is 10.0. The Morgan fingerprint density at radius 1 is 0.309 bits per heavy atom. The number of ether oxygens (including phenoxy) is 4. The highest BCUT2D eigenvalue weighted by atomic mass is 16.7. The summed E-state index contributed by atoms with van der Waals surface area (Å²) in [7, 11) is 5.91. The Morgan fingerprint density at radius 2 is 0.557 bits per heavy atom. The van der Waals surface area contributed by atoms with E-state index in [1.54, 1.807) is 0 Å². The number of aliphatic carboxylic acids is 1. The quantitative estimate of drug-likeness (QED) is 0.0195. The highest BCUT2D eigenvalue weighted by molar-refractivity contribution is 5.70. The summed E-state index contributed by atoms with van der Waals surface area (Å²) in [6.07, 6.45) is 114. The maximum Gasteiger partial charge on any atom is 0.306 e. The van der Waals surface area contributed by atoms with E-state index in [0.29, 0.717) is 17.4 Å². The van der Waals surface area contributed by atoms with Crippen molar-refractivity contribution in [2.24, 2.45) is 0 Å². The lowest BCUT2D eigenvalue weighted by Gasteiger charge is -2.26. The second kappa shape index (κ2) is 75.9. The third-order valence-corrected chi connectivity index (χ3v) is 15.8. The number of allylic oxidation sites excluding steroid dienone is 32. The lowest BCUT2D eigenvalue weighted by molar-refractivity contribution is -0.870. The molecule has 0 spiro atoms. The van der Waals surface area contributed by atoms with Crippen molar-refractivity contribution in [1.82, 2.24) is 0 Å². The van der Waals surface area contributed by atoms with E-state index in [-0.39, 0.29) is 38.6 Å². The summed E-state index contributed by atoms with van der Waals surface area (Å²) in [5.74, 6) is -2.35. The van der Waals surface area contributed by atoms with Crippen LogP contribution in [0.3, 0.4) is 0 Å². The summed E-state index contributed by atoms with van der Waals surface area (Å²) in [6.45, 7) is 4.46. The van der Waals surface area contributed by atoms with Gasteiger partial charge in [-0.1, -0.05) is 324 Å². The van der Waals surface area contributed by atoms with Crippen LogP contribution >= 0.6 is 0 Å². The third kappa shape index (κ3) is 77.4. The van der Waals surface area contributed by atoms with Crippen LogP contribution in [-0.4, -0.2) is 82.3 Å². The van der Waals surface area contributed by atoms with Gasteiger partial charge < -0.3 is 33.3 Å². The van der Waals surface area contributed by atoms with Crippen LogP contribution in [0.25, 0.3) is 0 Å². The van der Waals surface area contributed by atoms with E-state index in [2.05, 4.69) is 208 Å². The van der Waals surface area contributed by atoms with E-state index in [9.17, 15) is 19.5 Å². The van der Waals surface area contributed by atoms with Crippen LogP contribution in [0.4, 0.5) is 0 Å². The van der Waals surface area contributed by atoms with E-state index < -0.39 is 24.3 Å². The molecule has 0 aliphatic rings. The van der Waals surface area contributed by atoms with Gasteiger partial charge in [0.05, 0.1) is 40.3 Å². The molecule has 2 atom stereocenters. The largest absolute Gasteiger partial charge is 0.545 e. The van der Waals surface area contributed by atoms with Crippen molar-refractivity contribution in [3.63, 3.8) is 0 Å². The SMILES string of the molecule is CC/C=C\C/C=C\C/C=C\C/C=C\C/C=C\C/C=C\C/C=C\C/C=C\C/C=C\C/C=C\CCCCC(=O)OC(COC(=O)CCCCCCCCCCCCCCCCCCCCCC/C=C\C/C=C\C/C=C\C/C=C\C/C=C\C/C=C\CC)COC(OCC[N+](C)(C)C)C(=O)[O-]. The Labute approximate surface area is 595 Å². The summed E-state index contributed by atoms with van der Waals surface area (Å²) in [6, 6.07) is 0. The first-order chi connectivity index (χ1) is 47.6. The predicted octanol–water partition coefficient (Wildman–Crippen LogP) is 23.6. The van der Waals surface area contributed by atoms with Gasteiger partial charge in [-0.05, 0) is 141 Å². The highest BCUT2D eigenvalue weighted by Crippen LogP contribution is 2.17. The molecule has 546 valence electrons. The summed E-state index contributed by atoms with van der Waals surface area (Å²) in [5, 5.41) is 11.9. The number of likely N-dealkylation sites (N-methyl/N-ethyl adjacent to an activating group) is 1. The average molecular weight is 1340 g/mol. The van der Waals surface area contributed by atoms with Gasteiger partial charge in [-0.15, -0.1) is 0 Å². The van der Waals surface area contributed by atoms with E-state index >= 15 is 0 Å². The van der Waals surface area contributed by atoms with E-state index in [1.165, 1.54) is 116 Å². The van der Waals surface area contributed by atoms with Gasteiger partial charge >= 0.3 is 11.9 Å². The van der Waals surface area contributed by atoms with Gasteiger partial charge in [0.1, 0.15) is 13.2 Å². The van der Waals surface area contributed by atoms with Crippen LogP contribution in [0.2, 0.25) is 0 Å². The van der Waals surface area contributed by atoms with Crippen molar-refractivity contribution < 1.29 is 42.9 Å². The number of carbonyl (C=O) groups is 3. The Morgan fingerprint density at radius 3 is 0.845 bits per heavy atom. The van der Waals surface area contributed by atoms with Crippen LogP contribution in [0.1, 0.15) is 284 Å². The van der Waals surface area contributed by atoms with Crippen molar-refractivity contribution in [2.75, 3.05) is 47.5 Å². The van der Waals surface area contributed by atoms with Gasteiger partial charge in [0.15, 0.2) is 12.4 Å². The van der Waals surface area contributed by atoms with Gasteiger partial charge in [-0.3, -0.25) is 9.59 Å². The summed E-state index contributed by atoms with van der Waals surface area (Å²) in [4.78, 5) is 37.6. The number of rotatable bonds is 69. The maximum absolute atomic E-state index is 12.9. The fourth-order valence-corrected chi connectivity index (χ4v) is 10.0. The van der Waals surface area contributed by atoms with Crippen molar-refractivity contribution in [2.45, 2.75) is 296 Å². The molecule has 0 aromatic carbocycles. The molecule has 0 amide bonds. The molecular formula is C88H141NO8. The standard InChI is InChI=1S/C88H141NO8/c1-6-8-10-12-14-16-18-20-22-24-26-28-30-32-34-36-38-40-41-42-43-44-45-47-48-50-52-54-56-58-60-62-64-66-68-70-72-74-76-78-85(90)95-82-84(83-96-88(87(92)93)94-81-80-89(3,4)5)97-86(91)79-77-75-73-71-69-67-65-63-61-59-57-55-53-51-49-46-39-37-35-33-31-29-27-25-23-21-19-17-15-13-11-9-7-2/h8-11,14-17,20-23,26-29,32-35,38-40,46,51,53,57,59,63,65,69,71,84,88H,6-7,12-13,18-19,24-25,30-31,36-37,41-45,47-50,52,54-56,58,60-62,64,66-68,70,72-83H2,1-5H3/b10-8-,11-9-,16-14-,17-15-,22-20-,23-21-,28-26-,29-27-,34-32-,35-33-,40-38-,46-39-,53-51-,59-57-,65-63-,71-69-. The Hall–Kier alpha value is -5.87. The molecule has 0 aliphatic carbocycles. The zero-order valence-corrected chi connectivity index (χ0v) is 62.4. The van der Waals surface area contributed by atoms with Gasteiger partial charge in [0, 0.05) is 12.8 Å². The molecule has 97 heavy (non-hydrogen) atoms. The number of carboxylic acid groups (broad SMARTS) is 1. The maximum atomic E-state index is 12.9. The number of nitrogens with zero attached hydrogens (tertiary/aromatic N) is 1. The number of hydrogen-bond donors (Lipinski definition) is 0. The van der Waals surface area contributed by atoms with Crippen LogP contribution in [-0.2, 0) is 33.3 Å². The fraction of sp³-hybridized carbons (Fsp3) is 0.602. The number of carbonyl (C=O) groups excluding carboxylic acids is 3. The van der Waals surface area contributed by atoms with Crippen molar-refractivity contribution in [3.05, 3.63) is 194 Å². The van der Waals surface area contributed by atoms with Gasteiger partial charge in [0.25, 0.3) is 0 Å². The Bertz CT molecular complexity index is 2310. The molecule has 2 unspecified atom stereocenters. The molecule has 9 heteroatoms. The molecule has 0 fully saturated rings. The topological polar surface area (TPSA) is 111 Å². The average Bonchev–Trinajstić information content (AvgIpc) is 2.59. The second-order valence-electron chi connectivity index (χ2n) is 26.2. The minimum Gasteiger partial charge on any atom is -0.545 e. The van der Waals surface area contributed by atoms with Gasteiger partial charge in [-0.2, -0.15) is 0 Å². The van der Waals surface area contributed by atoms with E-state index in [1.807, 2.05) is 21.1 Å². The monoisotopic (exact) mass is 1340 g/mol. The molecule has 0 aliphatic heterocycles. The van der Waals surface area contributed by atoms with Crippen molar-refractivity contribution >= 4 is 17.9 Å². The zero-order valence-electron chi connectivity index (χ0n) is 62.4. The minimum absolute atomic E-state index is 0.130. The second-order valence-corrected chi connectivity index (χ2v) is 26.2. The molecule has 0 saturated carbocycles. The minimum atomic E-state index is -1.65. The third-order valence-electron chi connectivity index (χ3n) is 15.8. The van der Waals surface area contributed by atoms with Gasteiger partial charge in [0.2, 0.25) is 0 Å². The lowest BCUT2D eigenvalue weighted by atomic mass is 10.0. The molecule has 9 nitrogen and oxygen atoms in total. The Kier molecular flexibility index (Phi) is 71.3. The molecule has 0 radical (unpaired) electrons. The molecule has 0 aromatic heterocycles. The number of quaternary nitrogens is 1. The number of unbranched alkanes of at least 4 members (excludes halogenated alkanes) is 22. The van der Waals surface area contributed by atoms with E-state index in [4.69, 9.17) is 18.9 Å². The normalized spacial score (nSPS) is 13.8. The first-order valence-electron chi connectivity index (χ1n) is 38.6. The molecule has 0 aromatic rings. The van der Waals surface area contributed by atoms with Crippen LogP contribution in [0, 0.1) is 0 Å². The molecule has 0 heterocycles. The molecule has 0 rings (SSSR count). The summed E-state index contributed by atoms with van der Waals surface area (Å²) >= 11 is 0. The first-order valence-corrected chi connectivity index (χ1v) is 38.6. The first kappa shape index (κ1) is 91.1. The van der Waals surface area contributed by atoms with Crippen molar-refractivity contribution in [1.29, 1.82) is 0 Å². The highest BCUT2D eigenvalue weighted by Gasteiger charge is 2.22. The molecular weight excluding hydrogens is 1200 g/mol. The summed E-state index contributed by atoms with van der Waals surface area (Å²) in [5.41, 5.74) is 0. The van der Waals surface area contributed by atoms with Gasteiger partial charge in [-0.25, -0.2) is 0 Å². The number of hydrogen-bond acceptors (Lipinski definition) is 8. The number of esters is 2. The van der Waals surface area contributed by atoms with Crippen molar-refractivity contribution in [3.8, 4) is 0 Å². The Balaban J connectivity index is 4.16. The zero-order chi connectivity index (χ0) is 70.4. The molecule has 0 bridgehead atoms. The lowest BCUT2D eigenvalue weighted by Crippen LogP contribution is -2.44.